The first-order valence-electron chi connectivity index (χ1n) is 7.38. The SMILES string of the molecule is CC(O)(CC(=O)Nc1nc2cc(Cl)c(Cl)nc2n1C(C)(C)C)C(F)F. The van der Waals surface area contributed by atoms with Gasteiger partial charge in [-0.3, -0.25) is 14.7 Å². The summed E-state index contributed by atoms with van der Waals surface area (Å²) >= 11 is 11.9. The molecule has 0 aromatic carbocycles. The third-order valence-electron chi connectivity index (χ3n) is 3.45. The molecule has 0 saturated heterocycles. The van der Waals surface area contributed by atoms with Crippen molar-refractivity contribution in [2.45, 2.75) is 51.7 Å². The Kier molecular flexibility index (Phi) is 5.28. The number of nitrogens with one attached hydrogen (secondary N) is 1. The second kappa shape index (κ2) is 6.66. The van der Waals surface area contributed by atoms with Crippen LogP contribution >= 0.6 is 23.2 Å². The van der Waals surface area contributed by atoms with Crippen molar-refractivity contribution in [2.24, 2.45) is 0 Å². The number of alkyl halides is 2. The van der Waals surface area contributed by atoms with Gasteiger partial charge in [0.25, 0.3) is 6.43 Å². The van der Waals surface area contributed by atoms with E-state index in [1.807, 2.05) is 20.8 Å². The zero-order valence-electron chi connectivity index (χ0n) is 14.1. The molecule has 2 aromatic rings. The van der Waals surface area contributed by atoms with Gasteiger partial charge in [-0.15, -0.1) is 0 Å². The standard InChI is InChI=1S/C15H18Cl2F2N4O2/c1-14(2,3)23-11-8(5-7(16)10(17)22-11)20-13(23)21-9(24)6-15(4,25)12(18)19/h5,12,25H,6H2,1-4H3,(H,20,21,24). The summed E-state index contributed by atoms with van der Waals surface area (Å²) < 4.78 is 27.1. The van der Waals surface area contributed by atoms with Gasteiger partial charge in [0.15, 0.2) is 5.65 Å². The molecule has 6 nitrogen and oxygen atoms in total. The van der Waals surface area contributed by atoms with Crippen LogP contribution in [0.1, 0.15) is 34.1 Å². The van der Waals surface area contributed by atoms with Crippen LogP contribution in [0.5, 0.6) is 0 Å². The highest BCUT2D eigenvalue weighted by Gasteiger charge is 2.35. The lowest BCUT2D eigenvalue weighted by atomic mass is 10.0. The molecular formula is C15H18Cl2F2N4O2. The number of halogens is 4. The van der Waals surface area contributed by atoms with Crippen LogP contribution in [-0.4, -0.2) is 37.6 Å². The molecule has 0 saturated carbocycles. The van der Waals surface area contributed by atoms with Crippen LogP contribution in [0.4, 0.5) is 14.7 Å². The van der Waals surface area contributed by atoms with Crippen molar-refractivity contribution in [3.8, 4) is 0 Å². The second-order valence-corrected chi connectivity index (χ2v) is 7.69. The second-order valence-electron chi connectivity index (χ2n) is 6.93. The highest BCUT2D eigenvalue weighted by molar-refractivity contribution is 6.41. The first kappa shape index (κ1) is 19.8. The molecule has 25 heavy (non-hydrogen) atoms. The molecule has 2 heterocycles. The third-order valence-corrected chi connectivity index (χ3v) is 4.13. The molecule has 0 bridgehead atoms. The minimum Gasteiger partial charge on any atom is -0.384 e. The normalized spacial score (nSPS) is 14.8. The van der Waals surface area contributed by atoms with E-state index in [2.05, 4.69) is 15.3 Å². The van der Waals surface area contributed by atoms with Gasteiger partial charge < -0.3 is 5.11 Å². The summed E-state index contributed by atoms with van der Waals surface area (Å²) in [7, 11) is 0. The summed E-state index contributed by atoms with van der Waals surface area (Å²) in [5.74, 6) is -0.702. The average Bonchev–Trinajstić information content (AvgIpc) is 2.74. The lowest BCUT2D eigenvalue weighted by Gasteiger charge is -2.25. The lowest BCUT2D eigenvalue weighted by Crippen LogP contribution is -2.38. The summed E-state index contributed by atoms with van der Waals surface area (Å²) in [6, 6.07) is 1.50. The average molecular weight is 395 g/mol. The van der Waals surface area contributed by atoms with Gasteiger partial charge in [0, 0.05) is 5.54 Å². The van der Waals surface area contributed by atoms with E-state index in [1.54, 1.807) is 4.57 Å². The van der Waals surface area contributed by atoms with E-state index >= 15 is 0 Å². The maximum Gasteiger partial charge on any atom is 0.267 e. The predicted molar refractivity (Wildman–Crippen MR) is 92.4 cm³/mol. The van der Waals surface area contributed by atoms with Crippen LogP contribution in [0, 0.1) is 0 Å². The fourth-order valence-electron chi connectivity index (χ4n) is 2.25. The van der Waals surface area contributed by atoms with E-state index in [4.69, 9.17) is 23.2 Å². The van der Waals surface area contributed by atoms with Gasteiger partial charge in [0.05, 0.1) is 11.4 Å². The van der Waals surface area contributed by atoms with Crippen LogP contribution in [-0.2, 0) is 10.3 Å². The minimum absolute atomic E-state index is 0.0816. The topological polar surface area (TPSA) is 80.0 Å². The molecule has 10 heteroatoms. The Morgan fingerprint density at radius 1 is 1.32 bits per heavy atom. The number of nitrogens with zero attached hydrogens (tertiary/aromatic N) is 3. The number of aromatic nitrogens is 3. The minimum atomic E-state index is -3.06. The highest BCUT2D eigenvalue weighted by Crippen LogP contribution is 2.31. The van der Waals surface area contributed by atoms with Gasteiger partial charge in [0.1, 0.15) is 16.3 Å². The van der Waals surface area contributed by atoms with Crippen LogP contribution in [0.15, 0.2) is 6.07 Å². The summed E-state index contributed by atoms with van der Waals surface area (Å²) in [4.78, 5) is 20.5. The number of hydrogen-bond acceptors (Lipinski definition) is 4. The highest BCUT2D eigenvalue weighted by atomic mass is 35.5. The van der Waals surface area contributed by atoms with Gasteiger partial charge in [-0.1, -0.05) is 23.2 Å². The van der Waals surface area contributed by atoms with E-state index in [0.29, 0.717) is 11.2 Å². The van der Waals surface area contributed by atoms with Crippen molar-refractivity contribution in [3.63, 3.8) is 0 Å². The van der Waals surface area contributed by atoms with E-state index in [9.17, 15) is 18.7 Å². The Morgan fingerprint density at radius 3 is 2.44 bits per heavy atom. The molecule has 0 aliphatic rings. The number of fused-ring (bicyclic) bond motifs is 1. The molecule has 0 radical (unpaired) electrons. The molecule has 2 N–H and O–H groups in total. The van der Waals surface area contributed by atoms with Gasteiger partial charge in [0.2, 0.25) is 11.9 Å². The Bertz CT molecular complexity index is 816. The Hall–Kier alpha value is -1.51. The molecule has 138 valence electrons. The molecule has 1 unspecified atom stereocenters. The van der Waals surface area contributed by atoms with Gasteiger partial charge >= 0.3 is 0 Å². The Balaban J connectivity index is 2.46. The van der Waals surface area contributed by atoms with Crippen LogP contribution in [0.3, 0.4) is 0 Å². The molecule has 2 aromatic heterocycles. The maximum absolute atomic E-state index is 12.7. The molecule has 1 amide bonds. The summed E-state index contributed by atoms with van der Waals surface area (Å²) in [5.41, 5.74) is -2.21. The molecule has 0 aliphatic carbocycles. The van der Waals surface area contributed by atoms with Crippen molar-refractivity contribution in [3.05, 3.63) is 16.2 Å². The third kappa shape index (κ3) is 4.19. The van der Waals surface area contributed by atoms with Crippen LogP contribution in [0.2, 0.25) is 10.2 Å². The molecule has 0 aliphatic heterocycles. The fraction of sp³-hybridized carbons (Fsp3) is 0.533. The van der Waals surface area contributed by atoms with Crippen molar-refractivity contribution >= 4 is 46.2 Å². The summed E-state index contributed by atoms with van der Waals surface area (Å²) in [6.45, 7) is 6.45. The number of pyridine rings is 1. The fourth-order valence-corrected chi connectivity index (χ4v) is 2.53. The summed E-state index contributed by atoms with van der Waals surface area (Å²) in [5, 5.41) is 12.3. The number of hydrogen-bond donors (Lipinski definition) is 2. The number of rotatable bonds is 4. The number of carbonyl (C=O) groups excluding carboxylic acids is 1. The van der Waals surface area contributed by atoms with E-state index in [-0.39, 0.29) is 16.1 Å². The van der Waals surface area contributed by atoms with Crippen LogP contribution < -0.4 is 5.32 Å². The molecular weight excluding hydrogens is 377 g/mol. The number of amides is 1. The smallest absolute Gasteiger partial charge is 0.267 e. The molecule has 0 fully saturated rings. The van der Waals surface area contributed by atoms with Crippen molar-refractivity contribution < 1.29 is 18.7 Å². The number of carbonyl (C=O) groups is 1. The summed E-state index contributed by atoms with van der Waals surface area (Å²) in [6.07, 6.45) is -3.84. The van der Waals surface area contributed by atoms with Crippen molar-refractivity contribution in [1.82, 2.24) is 14.5 Å². The first-order valence-corrected chi connectivity index (χ1v) is 8.14. The van der Waals surface area contributed by atoms with Gasteiger partial charge in [-0.2, -0.15) is 0 Å². The number of imidazole rings is 1. The Morgan fingerprint density at radius 2 is 1.92 bits per heavy atom. The van der Waals surface area contributed by atoms with E-state index in [1.165, 1.54) is 6.07 Å². The largest absolute Gasteiger partial charge is 0.384 e. The first-order chi connectivity index (χ1) is 11.3. The number of aliphatic hydroxyl groups is 1. The monoisotopic (exact) mass is 394 g/mol. The number of anilines is 1. The zero-order valence-corrected chi connectivity index (χ0v) is 15.6. The van der Waals surface area contributed by atoms with Gasteiger partial charge in [-0.05, 0) is 33.8 Å². The van der Waals surface area contributed by atoms with E-state index in [0.717, 1.165) is 6.92 Å². The van der Waals surface area contributed by atoms with Crippen LogP contribution in [0.25, 0.3) is 11.2 Å². The molecule has 0 spiro atoms. The Labute approximate surface area is 153 Å². The van der Waals surface area contributed by atoms with E-state index < -0.39 is 29.9 Å². The lowest BCUT2D eigenvalue weighted by molar-refractivity contribution is -0.130. The van der Waals surface area contributed by atoms with Crippen molar-refractivity contribution in [1.29, 1.82) is 0 Å². The van der Waals surface area contributed by atoms with Crippen molar-refractivity contribution in [2.75, 3.05) is 5.32 Å². The van der Waals surface area contributed by atoms with Gasteiger partial charge in [-0.25, -0.2) is 18.7 Å². The predicted octanol–water partition coefficient (Wildman–Crippen LogP) is 3.84. The molecule has 2 rings (SSSR count). The molecule has 1 atom stereocenters. The quantitative estimate of drug-likeness (QED) is 0.771. The maximum atomic E-state index is 12.7. The zero-order chi connectivity index (χ0) is 19.2.